The first kappa shape index (κ1) is 10.6. The van der Waals surface area contributed by atoms with Crippen molar-refractivity contribution < 1.29 is 9.90 Å². The third kappa shape index (κ3) is 2.49. The smallest absolute Gasteiger partial charge is 0.322 e. The van der Waals surface area contributed by atoms with E-state index in [0.29, 0.717) is 0 Å². The number of rotatable bonds is 3. The molecule has 0 saturated heterocycles. The van der Waals surface area contributed by atoms with Gasteiger partial charge in [-0.1, -0.05) is 6.07 Å². The second kappa shape index (κ2) is 4.13. The summed E-state index contributed by atoms with van der Waals surface area (Å²) in [6.07, 6.45) is 0. The summed E-state index contributed by atoms with van der Waals surface area (Å²) in [5, 5.41) is 11.4. The molecule has 3 heteroatoms. The quantitative estimate of drug-likeness (QED) is 0.773. The Morgan fingerprint density at radius 3 is 2.36 bits per heavy atom. The molecule has 0 spiro atoms. The summed E-state index contributed by atoms with van der Waals surface area (Å²) >= 11 is 0. The molecule has 0 aliphatic heterocycles. The fraction of sp³-hybridized carbons (Fsp3) is 0.364. The van der Waals surface area contributed by atoms with Gasteiger partial charge in [0, 0.05) is 5.69 Å². The van der Waals surface area contributed by atoms with Crippen molar-refractivity contribution in [2.24, 2.45) is 0 Å². The van der Waals surface area contributed by atoms with Gasteiger partial charge in [-0.25, -0.2) is 0 Å². The maximum Gasteiger partial charge on any atom is 0.322 e. The largest absolute Gasteiger partial charge is 0.480 e. The van der Waals surface area contributed by atoms with Crippen LogP contribution in [0.1, 0.15) is 16.7 Å². The minimum atomic E-state index is -0.845. The van der Waals surface area contributed by atoms with Crippen molar-refractivity contribution >= 4 is 11.7 Å². The first-order chi connectivity index (χ1) is 6.50. The van der Waals surface area contributed by atoms with Gasteiger partial charge >= 0.3 is 5.97 Å². The predicted molar refractivity (Wildman–Crippen MR) is 56.8 cm³/mol. The number of hydrogen-bond acceptors (Lipinski definition) is 2. The average Bonchev–Trinajstić information content (AvgIpc) is 2.09. The van der Waals surface area contributed by atoms with Crippen molar-refractivity contribution in [2.45, 2.75) is 20.8 Å². The highest BCUT2D eigenvalue weighted by atomic mass is 16.4. The van der Waals surface area contributed by atoms with Gasteiger partial charge in [-0.2, -0.15) is 0 Å². The highest BCUT2D eigenvalue weighted by molar-refractivity contribution is 5.73. The van der Waals surface area contributed by atoms with E-state index in [1.165, 1.54) is 11.1 Å². The fourth-order valence-corrected chi connectivity index (χ4v) is 1.32. The molecule has 0 bridgehead atoms. The zero-order valence-electron chi connectivity index (χ0n) is 8.72. The van der Waals surface area contributed by atoms with Crippen LogP contribution < -0.4 is 5.32 Å². The van der Waals surface area contributed by atoms with Gasteiger partial charge in [0.05, 0.1) is 0 Å². The monoisotopic (exact) mass is 193 g/mol. The summed E-state index contributed by atoms with van der Waals surface area (Å²) < 4.78 is 0. The van der Waals surface area contributed by atoms with Gasteiger partial charge in [-0.3, -0.25) is 4.79 Å². The van der Waals surface area contributed by atoms with E-state index in [0.717, 1.165) is 11.3 Å². The Balaban J connectivity index is 2.87. The Bertz CT molecular complexity index is 359. The molecule has 0 unspecified atom stereocenters. The Morgan fingerprint density at radius 1 is 1.21 bits per heavy atom. The number of nitrogens with one attached hydrogen (secondary N) is 1. The number of hydrogen-bond donors (Lipinski definition) is 2. The highest BCUT2D eigenvalue weighted by Crippen LogP contribution is 2.19. The van der Waals surface area contributed by atoms with E-state index in [1.807, 2.05) is 26.8 Å². The number of aryl methyl sites for hydroxylation is 3. The molecule has 0 saturated carbocycles. The molecule has 0 aliphatic rings. The zero-order chi connectivity index (χ0) is 10.7. The number of anilines is 1. The van der Waals surface area contributed by atoms with Crippen LogP contribution >= 0.6 is 0 Å². The van der Waals surface area contributed by atoms with E-state index in [9.17, 15) is 4.79 Å². The molecule has 76 valence electrons. The van der Waals surface area contributed by atoms with Crippen LogP contribution in [0.15, 0.2) is 12.1 Å². The lowest BCUT2D eigenvalue weighted by Crippen LogP contribution is -2.13. The topological polar surface area (TPSA) is 49.3 Å². The molecule has 2 N–H and O–H groups in total. The maximum atomic E-state index is 10.4. The van der Waals surface area contributed by atoms with Crippen molar-refractivity contribution in [3.05, 3.63) is 28.8 Å². The van der Waals surface area contributed by atoms with Crippen LogP contribution in [0.25, 0.3) is 0 Å². The molecule has 0 aromatic heterocycles. The lowest BCUT2D eigenvalue weighted by atomic mass is 10.1. The van der Waals surface area contributed by atoms with Crippen LogP contribution in [0.3, 0.4) is 0 Å². The van der Waals surface area contributed by atoms with Gasteiger partial charge in [0.25, 0.3) is 0 Å². The normalized spacial score (nSPS) is 9.93. The van der Waals surface area contributed by atoms with Gasteiger partial charge < -0.3 is 10.4 Å². The molecular formula is C11H15NO2. The van der Waals surface area contributed by atoms with E-state index in [2.05, 4.69) is 11.4 Å². The molecule has 0 amide bonds. The number of carbonyl (C=O) groups is 1. The molecule has 0 aliphatic carbocycles. The Hall–Kier alpha value is -1.51. The number of benzene rings is 1. The van der Waals surface area contributed by atoms with Crippen LogP contribution in [0, 0.1) is 20.8 Å². The summed E-state index contributed by atoms with van der Waals surface area (Å²) in [6, 6.07) is 4.03. The van der Waals surface area contributed by atoms with Crippen molar-refractivity contribution in [3.8, 4) is 0 Å². The van der Waals surface area contributed by atoms with Gasteiger partial charge in [-0.15, -0.1) is 0 Å². The Labute approximate surface area is 83.8 Å². The van der Waals surface area contributed by atoms with Crippen molar-refractivity contribution in [1.82, 2.24) is 0 Å². The summed E-state index contributed by atoms with van der Waals surface area (Å²) in [7, 11) is 0. The SMILES string of the molecule is Cc1cc(C)c(NCC(=O)O)cc1C. The van der Waals surface area contributed by atoms with Crippen LogP contribution in [0.2, 0.25) is 0 Å². The summed E-state index contributed by atoms with van der Waals surface area (Å²) in [5.41, 5.74) is 4.37. The maximum absolute atomic E-state index is 10.4. The van der Waals surface area contributed by atoms with E-state index >= 15 is 0 Å². The van der Waals surface area contributed by atoms with Crippen LogP contribution in [0.4, 0.5) is 5.69 Å². The number of carboxylic acid groups (broad SMARTS) is 1. The fourth-order valence-electron chi connectivity index (χ4n) is 1.32. The third-order valence-corrected chi connectivity index (χ3v) is 2.27. The predicted octanol–water partition coefficient (Wildman–Crippen LogP) is 2.11. The molecule has 1 aromatic rings. The van der Waals surface area contributed by atoms with E-state index in [-0.39, 0.29) is 6.54 Å². The molecule has 3 nitrogen and oxygen atoms in total. The van der Waals surface area contributed by atoms with E-state index in [4.69, 9.17) is 5.11 Å². The van der Waals surface area contributed by atoms with Crippen LogP contribution in [-0.2, 0) is 4.79 Å². The first-order valence-electron chi connectivity index (χ1n) is 4.54. The van der Waals surface area contributed by atoms with Crippen molar-refractivity contribution in [1.29, 1.82) is 0 Å². The number of aliphatic carboxylic acids is 1. The lowest BCUT2D eigenvalue weighted by Gasteiger charge is -2.10. The summed E-state index contributed by atoms with van der Waals surface area (Å²) in [4.78, 5) is 10.4. The Kier molecular flexibility index (Phi) is 3.12. The summed E-state index contributed by atoms with van der Waals surface area (Å²) in [6.45, 7) is 5.99. The number of carboxylic acids is 1. The van der Waals surface area contributed by atoms with Gasteiger partial charge in [0.2, 0.25) is 0 Å². The lowest BCUT2D eigenvalue weighted by molar-refractivity contribution is -0.134. The highest BCUT2D eigenvalue weighted by Gasteiger charge is 2.02. The molecule has 1 rings (SSSR count). The Morgan fingerprint density at radius 2 is 1.79 bits per heavy atom. The van der Waals surface area contributed by atoms with Crippen LogP contribution in [-0.4, -0.2) is 17.6 Å². The van der Waals surface area contributed by atoms with Gasteiger partial charge in [0.15, 0.2) is 0 Å². The molecule has 0 radical (unpaired) electrons. The minimum Gasteiger partial charge on any atom is -0.480 e. The van der Waals surface area contributed by atoms with E-state index in [1.54, 1.807) is 0 Å². The van der Waals surface area contributed by atoms with E-state index < -0.39 is 5.97 Å². The standard InChI is InChI=1S/C11H15NO2/c1-7-4-9(3)10(5-8(7)2)12-6-11(13)14/h4-5,12H,6H2,1-3H3,(H,13,14). The van der Waals surface area contributed by atoms with Crippen LogP contribution in [0.5, 0.6) is 0 Å². The van der Waals surface area contributed by atoms with Crippen molar-refractivity contribution in [2.75, 3.05) is 11.9 Å². The van der Waals surface area contributed by atoms with Gasteiger partial charge in [-0.05, 0) is 43.5 Å². The molecule has 0 fully saturated rings. The average molecular weight is 193 g/mol. The third-order valence-electron chi connectivity index (χ3n) is 2.27. The zero-order valence-corrected chi connectivity index (χ0v) is 8.72. The first-order valence-corrected chi connectivity index (χ1v) is 4.54. The minimum absolute atomic E-state index is 0.0384. The summed E-state index contributed by atoms with van der Waals surface area (Å²) in [5.74, 6) is -0.845. The molecule has 1 aromatic carbocycles. The molecule has 0 heterocycles. The molecule has 14 heavy (non-hydrogen) atoms. The molecular weight excluding hydrogens is 178 g/mol. The second-order valence-corrected chi connectivity index (χ2v) is 3.50. The molecule has 0 atom stereocenters. The van der Waals surface area contributed by atoms with Gasteiger partial charge in [0.1, 0.15) is 6.54 Å². The van der Waals surface area contributed by atoms with Crippen molar-refractivity contribution in [3.63, 3.8) is 0 Å². The second-order valence-electron chi connectivity index (χ2n) is 3.50.